The molecule has 124 valence electrons. The second-order valence-corrected chi connectivity index (χ2v) is 5.82. The normalized spacial score (nSPS) is 15.0. The second-order valence-electron chi connectivity index (χ2n) is 5.82. The Morgan fingerprint density at radius 2 is 2.00 bits per heavy atom. The minimum absolute atomic E-state index is 0.129. The monoisotopic (exact) mass is 321 g/mol. The van der Waals surface area contributed by atoms with Gasteiger partial charge in [-0.2, -0.15) is 5.06 Å². The first-order chi connectivity index (χ1) is 10.8. The largest absolute Gasteiger partial charge is 0.464 e. The first kappa shape index (κ1) is 16.9. The van der Waals surface area contributed by atoms with Crippen LogP contribution in [0.4, 0.5) is 4.79 Å². The average Bonchev–Trinajstić information content (AvgIpc) is 2.53. The fourth-order valence-corrected chi connectivity index (χ4v) is 1.77. The molecule has 0 radical (unpaired) electrons. The van der Waals surface area contributed by atoms with Crippen molar-refractivity contribution in [2.75, 3.05) is 20.3 Å². The summed E-state index contributed by atoms with van der Waals surface area (Å²) in [6.45, 7) is 5.76. The van der Waals surface area contributed by atoms with Gasteiger partial charge in [0.1, 0.15) is 12.2 Å². The zero-order chi connectivity index (χ0) is 17.0. The van der Waals surface area contributed by atoms with Crippen LogP contribution < -0.4 is 0 Å². The first-order valence-electron chi connectivity index (χ1n) is 7.03. The van der Waals surface area contributed by atoms with Gasteiger partial charge in [0.05, 0.1) is 31.7 Å². The molecule has 0 atom stereocenters. The van der Waals surface area contributed by atoms with E-state index in [-0.39, 0.29) is 18.8 Å². The van der Waals surface area contributed by atoms with Gasteiger partial charge in [0, 0.05) is 5.57 Å². The Bertz CT molecular complexity index is 619. The Hall–Kier alpha value is -2.48. The van der Waals surface area contributed by atoms with Gasteiger partial charge in [-0.05, 0) is 20.8 Å². The fourth-order valence-electron chi connectivity index (χ4n) is 1.77. The van der Waals surface area contributed by atoms with Gasteiger partial charge in [-0.1, -0.05) is 6.08 Å². The van der Waals surface area contributed by atoms with Gasteiger partial charge in [0.25, 0.3) is 0 Å². The fraction of sp³-hybridized carbons (Fsp3) is 0.467. The lowest BCUT2D eigenvalue weighted by atomic mass is 10.2. The van der Waals surface area contributed by atoms with Crippen LogP contribution in [0.25, 0.3) is 5.57 Å². The molecule has 0 unspecified atom stereocenters. The highest BCUT2D eigenvalue weighted by molar-refractivity contribution is 5.86. The van der Waals surface area contributed by atoms with Crippen molar-refractivity contribution < 1.29 is 23.9 Å². The quantitative estimate of drug-likeness (QED) is 0.767. The number of aromatic nitrogens is 2. The van der Waals surface area contributed by atoms with Crippen LogP contribution in [0.15, 0.2) is 18.5 Å². The molecule has 1 aliphatic rings. The van der Waals surface area contributed by atoms with Crippen LogP contribution >= 0.6 is 0 Å². The molecule has 1 aromatic rings. The lowest BCUT2D eigenvalue weighted by molar-refractivity contribution is -0.133. The summed E-state index contributed by atoms with van der Waals surface area (Å²) in [6, 6.07) is 0. The molecule has 0 saturated heterocycles. The molecular weight excluding hydrogens is 302 g/mol. The van der Waals surface area contributed by atoms with Gasteiger partial charge >= 0.3 is 12.1 Å². The zero-order valence-electron chi connectivity index (χ0n) is 13.5. The molecule has 0 aliphatic carbocycles. The lowest BCUT2D eigenvalue weighted by Crippen LogP contribution is -2.39. The van der Waals surface area contributed by atoms with Crippen molar-refractivity contribution >= 4 is 17.6 Å². The maximum Gasteiger partial charge on any atom is 0.434 e. The topological polar surface area (TPSA) is 90.9 Å². The molecule has 2 heterocycles. The first-order valence-corrected chi connectivity index (χ1v) is 7.03. The van der Waals surface area contributed by atoms with Crippen LogP contribution in [-0.2, 0) is 14.3 Å². The van der Waals surface area contributed by atoms with Crippen LogP contribution in [-0.4, -0.2) is 53.0 Å². The molecule has 23 heavy (non-hydrogen) atoms. The number of nitrogens with zero attached hydrogens (tertiary/aromatic N) is 3. The Morgan fingerprint density at radius 1 is 1.26 bits per heavy atom. The van der Waals surface area contributed by atoms with Crippen molar-refractivity contribution in [2.24, 2.45) is 0 Å². The smallest absolute Gasteiger partial charge is 0.434 e. The lowest BCUT2D eigenvalue weighted by Gasteiger charge is -2.28. The number of amides is 1. The summed E-state index contributed by atoms with van der Waals surface area (Å²) in [6.07, 6.45) is 4.06. The molecule has 8 heteroatoms. The third-order valence-corrected chi connectivity index (χ3v) is 2.85. The predicted molar refractivity (Wildman–Crippen MR) is 80.2 cm³/mol. The molecule has 0 saturated carbocycles. The Labute approximate surface area is 134 Å². The van der Waals surface area contributed by atoms with Crippen molar-refractivity contribution in [3.8, 4) is 0 Å². The molecular formula is C15H19N3O5. The molecule has 0 bridgehead atoms. The summed E-state index contributed by atoms with van der Waals surface area (Å²) >= 11 is 0. The van der Waals surface area contributed by atoms with E-state index in [1.807, 2.05) is 0 Å². The van der Waals surface area contributed by atoms with E-state index in [0.29, 0.717) is 5.69 Å². The molecule has 1 amide bonds. The van der Waals surface area contributed by atoms with E-state index < -0.39 is 17.7 Å². The molecule has 0 N–H and O–H groups in total. The summed E-state index contributed by atoms with van der Waals surface area (Å²) in [5, 5.41) is 1.14. The van der Waals surface area contributed by atoms with Gasteiger partial charge in [-0.3, -0.25) is 9.82 Å². The van der Waals surface area contributed by atoms with Gasteiger partial charge in [0.15, 0.2) is 5.69 Å². The maximum absolute atomic E-state index is 11.9. The number of carbonyl (C=O) groups excluding carboxylic acids is 2. The second kappa shape index (κ2) is 6.74. The number of hydrogen-bond acceptors (Lipinski definition) is 7. The Balaban J connectivity index is 2.01. The number of rotatable bonds is 2. The van der Waals surface area contributed by atoms with Crippen LogP contribution in [0.5, 0.6) is 0 Å². The molecule has 8 nitrogen and oxygen atoms in total. The molecule has 0 spiro atoms. The van der Waals surface area contributed by atoms with E-state index in [1.54, 1.807) is 26.8 Å². The standard InChI is InChI=1S/C15H19N3O5/c1-15(2,3)23-14(20)18-6-5-10(9-22-18)11-7-17-12(8-16-11)13(19)21-4/h5,7-8H,6,9H2,1-4H3. The maximum atomic E-state index is 11.9. The highest BCUT2D eigenvalue weighted by atomic mass is 16.7. The predicted octanol–water partition coefficient (Wildman–Crippen LogP) is 1.83. The molecule has 0 fully saturated rings. The summed E-state index contributed by atoms with van der Waals surface area (Å²) in [5.41, 5.74) is 0.888. The summed E-state index contributed by atoms with van der Waals surface area (Å²) in [7, 11) is 1.28. The van der Waals surface area contributed by atoms with E-state index >= 15 is 0 Å². The summed E-state index contributed by atoms with van der Waals surface area (Å²) in [5.74, 6) is -0.547. The summed E-state index contributed by atoms with van der Waals surface area (Å²) in [4.78, 5) is 36.7. The SMILES string of the molecule is COC(=O)c1cnc(C2=CCN(C(=O)OC(C)(C)C)OC2)cn1. The third-order valence-electron chi connectivity index (χ3n) is 2.85. The minimum Gasteiger partial charge on any atom is -0.464 e. The highest BCUT2D eigenvalue weighted by Crippen LogP contribution is 2.19. The van der Waals surface area contributed by atoms with E-state index in [2.05, 4.69) is 14.7 Å². The Kier molecular flexibility index (Phi) is 4.95. The third kappa shape index (κ3) is 4.49. The molecule has 2 rings (SSSR count). The van der Waals surface area contributed by atoms with Crippen LogP contribution in [0, 0.1) is 0 Å². The average molecular weight is 321 g/mol. The number of hydroxylamine groups is 2. The van der Waals surface area contributed by atoms with Crippen molar-refractivity contribution in [3.63, 3.8) is 0 Å². The Morgan fingerprint density at radius 3 is 2.48 bits per heavy atom. The molecule has 1 aliphatic heterocycles. The van der Waals surface area contributed by atoms with Crippen molar-refractivity contribution in [1.29, 1.82) is 0 Å². The van der Waals surface area contributed by atoms with Crippen molar-refractivity contribution in [3.05, 3.63) is 29.9 Å². The van der Waals surface area contributed by atoms with E-state index in [4.69, 9.17) is 9.57 Å². The number of carbonyl (C=O) groups is 2. The minimum atomic E-state index is -0.584. The van der Waals surface area contributed by atoms with Crippen molar-refractivity contribution in [2.45, 2.75) is 26.4 Å². The van der Waals surface area contributed by atoms with E-state index in [0.717, 1.165) is 10.6 Å². The van der Waals surface area contributed by atoms with Crippen LogP contribution in [0.2, 0.25) is 0 Å². The zero-order valence-corrected chi connectivity index (χ0v) is 13.5. The van der Waals surface area contributed by atoms with Gasteiger partial charge in [0.2, 0.25) is 0 Å². The number of methoxy groups -OCH3 is 1. The number of hydrogen-bond donors (Lipinski definition) is 0. The summed E-state index contributed by atoms with van der Waals surface area (Å²) < 4.78 is 9.79. The van der Waals surface area contributed by atoms with Gasteiger partial charge in [-0.25, -0.2) is 14.6 Å². The van der Waals surface area contributed by atoms with E-state index in [9.17, 15) is 9.59 Å². The molecule has 0 aromatic carbocycles. The van der Waals surface area contributed by atoms with Gasteiger partial charge in [-0.15, -0.1) is 0 Å². The van der Waals surface area contributed by atoms with Gasteiger partial charge < -0.3 is 9.47 Å². The van der Waals surface area contributed by atoms with Crippen LogP contribution in [0.1, 0.15) is 37.0 Å². The molecule has 1 aromatic heterocycles. The van der Waals surface area contributed by atoms with Crippen molar-refractivity contribution in [1.82, 2.24) is 15.0 Å². The number of ether oxygens (including phenoxy) is 2. The van der Waals surface area contributed by atoms with Crippen LogP contribution in [0.3, 0.4) is 0 Å². The van der Waals surface area contributed by atoms with E-state index in [1.165, 1.54) is 19.5 Å². The highest BCUT2D eigenvalue weighted by Gasteiger charge is 2.25. The number of esters is 1.